The van der Waals surface area contributed by atoms with Crippen molar-refractivity contribution in [1.29, 1.82) is 0 Å². The van der Waals surface area contributed by atoms with Crippen LogP contribution in [0.3, 0.4) is 0 Å². The standard InChI is InChI=1S/C15H14Cl2N2O3/c1-21-7-8-22-13-9-10(5-6-18-13)15(20)19-12-4-2-3-11(16)14(12)17/h2-6,9H,7-8H2,1H3,(H,19,20). The van der Waals surface area contributed by atoms with Gasteiger partial charge in [0.1, 0.15) is 6.61 Å². The highest BCUT2D eigenvalue weighted by atomic mass is 35.5. The lowest BCUT2D eigenvalue weighted by molar-refractivity contribution is 0.102. The molecule has 7 heteroatoms. The lowest BCUT2D eigenvalue weighted by Gasteiger charge is -2.09. The highest BCUT2D eigenvalue weighted by Gasteiger charge is 2.11. The average molecular weight is 341 g/mol. The molecule has 0 saturated heterocycles. The summed E-state index contributed by atoms with van der Waals surface area (Å²) in [5, 5.41) is 3.37. The predicted octanol–water partition coefficient (Wildman–Crippen LogP) is 3.67. The van der Waals surface area contributed by atoms with E-state index in [1.54, 1.807) is 37.4 Å². The zero-order chi connectivity index (χ0) is 15.9. The number of carbonyl (C=O) groups is 1. The first kappa shape index (κ1) is 16.5. The molecule has 0 aliphatic carbocycles. The maximum Gasteiger partial charge on any atom is 0.255 e. The molecule has 1 N–H and O–H groups in total. The van der Waals surface area contributed by atoms with Crippen molar-refractivity contribution in [2.24, 2.45) is 0 Å². The molecule has 0 aliphatic rings. The fourth-order valence-electron chi connectivity index (χ4n) is 1.65. The number of benzene rings is 1. The average Bonchev–Trinajstić information content (AvgIpc) is 2.52. The minimum atomic E-state index is -0.330. The lowest BCUT2D eigenvalue weighted by Crippen LogP contribution is -2.13. The molecule has 0 radical (unpaired) electrons. The number of pyridine rings is 1. The van der Waals surface area contributed by atoms with Crippen LogP contribution in [0.5, 0.6) is 5.88 Å². The van der Waals surface area contributed by atoms with Crippen molar-refractivity contribution in [3.05, 3.63) is 52.1 Å². The maximum atomic E-state index is 12.2. The number of methoxy groups -OCH3 is 1. The molecule has 116 valence electrons. The number of nitrogens with zero attached hydrogens (tertiary/aromatic N) is 1. The van der Waals surface area contributed by atoms with Crippen molar-refractivity contribution < 1.29 is 14.3 Å². The largest absolute Gasteiger partial charge is 0.475 e. The first-order valence-corrected chi connectivity index (χ1v) is 7.20. The first-order valence-electron chi connectivity index (χ1n) is 6.45. The lowest BCUT2D eigenvalue weighted by atomic mass is 10.2. The van der Waals surface area contributed by atoms with Gasteiger partial charge < -0.3 is 14.8 Å². The van der Waals surface area contributed by atoms with Crippen LogP contribution < -0.4 is 10.1 Å². The summed E-state index contributed by atoms with van der Waals surface area (Å²) in [4.78, 5) is 16.3. The predicted molar refractivity (Wildman–Crippen MR) is 86.0 cm³/mol. The van der Waals surface area contributed by atoms with Crippen molar-refractivity contribution in [3.8, 4) is 5.88 Å². The zero-order valence-electron chi connectivity index (χ0n) is 11.8. The van der Waals surface area contributed by atoms with Gasteiger partial charge in [-0.3, -0.25) is 4.79 Å². The van der Waals surface area contributed by atoms with E-state index >= 15 is 0 Å². The van der Waals surface area contributed by atoms with Gasteiger partial charge in [-0.1, -0.05) is 29.3 Å². The van der Waals surface area contributed by atoms with E-state index in [0.29, 0.717) is 40.4 Å². The molecule has 2 rings (SSSR count). The quantitative estimate of drug-likeness (QED) is 0.815. The summed E-state index contributed by atoms with van der Waals surface area (Å²) in [6.45, 7) is 0.797. The summed E-state index contributed by atoms with van der Waals surface area (Å²) in [6, 6.07) is 8.15. The molecule has 0 unspecified atom stereocenters. The van der Waals surface area contributed by atoms with Crippen molar-refractivity contribution in [1.82, 2.24) is 4.98 Å². The number of nitrogens with one attached hydrogen (secondary N) is 1. The normalized spacial score (nSPS) is 10.3. The van der Waals surface area contributed by atoms with E-state index in [0.717, 1.165) is 0 Å². The van der Waals surface area contributed by atoms with Crippen LogP contribution in [0.15, 0.2) is 36.5 Å². The Morgan fingerprint density at radius 3 is 2.86 bits per heavy atom. The molecule has 0 fully saturated rings. The molecule has 0 aliphatic heterocycles. The molecule has 22 heavy (non-hydrogen) atoms. The molecule has 1 heterocycles. The molecule has 1 amide bonds. The number of carbonyl (C=O) groups excluding carboxylic acids is 1. The summed E-state index contributed by atoms with van der Waals surface area (Å²) in [5.41, 5.74) is 0.844. The minimum absolute atomic E-state index is 0.295. The Morgan fingerprint density at radius 1 is 1.27 bits per heavy atom. The van der Waals surface area contributed by atoms with Crippen molar-refractivity contribution in [2.75, 3.05) is 25.6 Å². The molecule has 0 atom stereocenters. The second-order valence-electron chi connectivity index (χ2n) is 4.28. The van der Waals surface area contributed by atoms with Gasteiger partial charge in [0.25, 0.3) is 5.91 Å². The van der Waals surface area contributed by atoms with Gasteiger partial charge in [0.15, 0.2) is 0 Å². The monoisotopic (exact) mass is 340 g/mol. The molecule has 0 saturated carbocycles. The molecule has 2 aromatic rings. The SMILES string of the molecule is COCCOc1cc(C(=O)Nc2cccc(Cl)c2Cl)ccn1. The number of amides is 1. The maximum absolute atomic E-state index is 12.2. The Bertz CT molecular complexity index is 665. The van der Waals surface area contributed by atoms with Crippen LogP contribution in [0.1, 0.15) is 10.4 Å². The van der Waals surface area contributed by atoms with Gasteiger partial charge in [0.2, 0.25) is 5.88 Å². The highest BCUT2D eigenvalue weighted by Crippen LogP contribution is 2.29. The van der Waals surface area contributed by atoms with Gasteiger partial charge in [-0.15, -0.1) is 0 Å². The molecular formula is C15H14Cl2N2O3. The Hall–Kier alpha value is -1.82. The smallest absolute Gasteiger partial charge is 0.255 e. The van der Waals surface area contributed by atoms with Gasteiger partial charge in [-0.2, -0.15) is 0 Å². The second-order valence-corrected chi connectivity index (χ2v) is 5.06. The van der Waals surface area contributed by atoms with E-state index < -0.39 is 0 Å². The number of anilines is 1. The van der Waals surface area contributed by atoms with Crippen LogP contribution in [-0.4, -0.2) is 31.2 Å². The summed E-state index contributed by atoms with van der Waals surface area (Å²) in [7, 11) is 1.58. The Morgan fingerprint density at radius 2 is 2.09 bits per heavy atom. The summed E-state index contributed by atoms with van der Waals surface area (Å²) >= 11 is 12.0. The van der Waals surface area contributed by atoms with Crippen LogP contribution in [0.2, 0.25) is 10.0 Å². The summed E-state index contributed by atoms with van der Waals surface area (Å²) in [6.07, 6.45) is 1.50. The van der Waals surface area contributed by atoms with E-state index in [9.17, 15) is 4.79 Å². The summed E-state index contributed by atoms with van der Waals surface area (Å²) < 4.78 is 10.3. The number of hydrogen-bond donors (Lipinski definition) is 1. The molecule has 0 spiro atoms. The van der Waals surface area contributed by atoms with E-state index in [2.05, 4.69) is 10.3 Å². The van der Waals surface area contributed by atoms with E-state index in [-0.39, 0.29) is 5.91 Å². The van der Waals surface area contributed by atoms with Gasteiger partial charge in [-0.05, 0) is 18.2 Å². The zero-order valence-corrected chi connectivity index (χ0v) is 13.3. The molecule has 5 nitrogen and oxygen atoms in total. The number of aromatic nitrogens is 1. The van der Waals surface area contributed by atoms with Crippen molar-refractivity contribution >= 4 is 34.8 Å². The molecule has 1 aromatic carbocycles. The number of ether oxygens (including phenoxy) is 2. The molecule has 0 bridgehead atoms. The Labute approximate surface area is 138 Å². The van der Waals surface area contributed by atoms with E-state index in [4.69, 9.17) is 32.7 Å². The number of halogens is 2. The van der Waals surface area contributed by atoms with E-state index in [1.807, 2.05) is 0 Å². The van der Waals surface area contributed by atoms with Crippen LogP contribution in [0.4, 0.5) is 5.69 Å². The fraction of sp³-hybridized carbons (Fsp3) is 0.200. The third kappa shape index (κ3) is 4.34. The van der Waals surface area contributed by atoms with Crippen LogP contribution >= 0.6 is 23.2 Å². The van der Waals surface area contributed by atoms with E-state index in [1.165, 1.54) is 6.20 Å². The molecule has 1 aromatic heterocycles. The minimum Gasteiger partial charge on any atom is -0.475 e. The Kier molecular flexibility index (Phi) is 6.00. The van der Waals surface area contributed by atoms with Crippen LogP contribution in [0.25, 0.3) is 0 Å². The van der Waals surface area contributed by atoms with Gasteiger partial charge in [-0.25, -0.2) is 4.98 Å². The third-order valence-electron chi connectivity index (χ3n) is 2.73. The number of rotatable bonds is 6. The van der Waals surface area contributed by atoms with Gasteiger partial charge >= 0.3 is 0 Å². The topological polar surface area (TPSA) is 60.5 Å². The molecular weight excluding hydrogens is 327 g/mol. The van der Waals surface area contributed by atoms with Gasteiger partial charge in [0, 0.05) is 24.9 Å². The highest BCUT2D eigenvalue weighted by molar-refractivity contribution is 6.44. The van der Waals surface area contributed by atoms with Crippen molar-refractivity contribution in [3.63, 3.8) is 0 Å². The van der Waals surface area contributed by atoms with Crippen LogP contribution in [-0.2, 0) is 4.74 Å². The van der Waals surface area contributed by atoms with Crippen molar-refractivity contribution in [2.45, 2.75) is 0 Å². The third-order valence-corrected chi connectivity index (χ3v) is 3.55. The second kappa shape index (κ2) is 7.98. The van der Waals surface area contributed by atoms with Crippen LogP contribution in [0, 0.1) is 0 Å². The number of hydrogen-bond acceptors (Lipinski definition) is 4. The summed E-state index contributed by atoms with van der Waals surface area (Å²) in [5.74, 6) is 0.0186. The first-order chi connectivity index (χ1) is 10.6. The van der Waals surface area contributed by atoms with Gasteiger partial charge in [0.05, 0.1) is 22.3 Å². The Balaban J connectivity index is 2.09. The fourth-order valence-corrected chi connectivity index (χ4v) is 2.00.